The average molecular weight is 336 g/mol. The van der Waals surface area contributed by atoms with Crippen LogP contribution in [0, 0.1) is 5.92 Å². The number of hydrogen-bond donors (Lipinski definition) is 1. The van der Waals surface area contributed by atoms with Crippen LogP contribution in [0.4, 0.5) is 5.69 Å². The molecule has 1 N–H and O–H groups in total. The van der Waals surface area contributed by atoms with Crippen LogP contribution in [0.3, 0.4) is 0 Å². The van der Waals surface area contributed by atoms with Crippen LogP contribution in [0.25, 0.3) is 0 Å². The lowest BCUT2D eigenvalue weighted by Gasteiger charge is -2.43. The summed E-state index contributed by atoms with van der Waals surface area (Å²) in [7, 11) is 0. The molecule has 2 rings (SSSR count). The zero-order valence-corrected chi connectivity index (χ0v) is 14.4. The highest BCUT2D eigenvalue weighted by Gasteiger charge is 2.29. The molecule has 1 saturated heterocycles. The molecule has 0 saturated carbocycles. The van der Waals surface area contributed by atoms with Crippen molar-refractivity contribution in [3.05, 3.63) is 27.2 Å². The third-order valence-corrected chi connectivity index (χ3v) is 5.05. The van der Waals surface area contributed by atoms with Crippen LogP contribution in [0.2, 0.25) is 15.1 Å². The van der Waals surface area contributed by atoms with Crippen LogP contribution in [-0.2, 0) is 0 Å². The summed E-state index contributed by atoms with van der Waals surface area (Å²) in [6.45, 7) is 8.57. The number of hydrogen-bond acceptors (Lipinski definition) is 2. The molecular formula is C15H21Cl3N2. The van der Waals surface area contributed by atoms with Gasteiger partial charge in [0, 0.05) is 25.2 Å². The second-order valence-corrected chi connectivity index (χ2v) is 6.91. The van der Waals surface area contributed by atoms with Crippen LogP contribution >= 0.6 is 34.8 Å². The highest BCUT2D eigenvalue weighted by atomic mass is 35.5. The van der Waals surface area contributed by atoms with Crippen molar-refractivity contribution in [1.29, 1.82) is 0 Å². The van der Waals surface area contributed by atoms with E-state index >= 15 is 0 Å². The van der Waals surface area contributed by atoms with Crippen molar-refractivity contribution in [3.63, 3.8) is 0 Å². The van der Waals surface area contributed by atoms with Crippen molar-refractivity contribution in [2.24, 2.45) is 5.92 Å². The van der Waals surface area contributed by atoms with Crippen LogP contribution in [-0.4, -0.2) is 25.2 Å². The number of anilines is 1. The summed E-state index contributed by atoms with van der Waals surface area (Å²) in [4.78, 5) is 2.37. The molecule has 5 heteroatoms. The Balaban J connectivity index is 2.33. The third-order valence-electron chi connectivity index (χ3n) is 4.02. The molecule has 2 atom stereocenters. The molecule has 2 unspecified atom stereocenters. The van der Waals surface area contributed by atoms with E-state index in [4.69, 9.17) is 34.8 Å². The first-order valence-corrected chi connectivity index (χ1v) is 8.22. The fourth-order valence-electron chi connectivity index (χ4n) is 2.66. The van der Waals surface area contributed by atoms with Crippen LogP contribution in [0.15, 0.2) is 12.1 Å². The Morgan fingerprint density at radius 3 is 2.45 bits per heavy atom. The van der Waals surface area contributed by atoms with Gasteiger partial charge in [-0.3, -0.25) is 0 Å². The Kier molecular flexibility index (Phi) is 5.47. The molecule has 1 fully saturated rings. The van der Waals surface area contributed by atoms with E-state index in [0.29, 0.717) is 33.1 Å². The summed E-state index contributed by atoms with van der Waals surface area (Å²) >= 11 is 18.6. The summed E-state index contributed by atoms with van der Waals surface area (Å²) in [5.74, 6) is 0.580. The lowest BCUT2D eigenvalue weighted by atomic mass is 9.98. The molecule has 0 amide bonds. The smallest absolute Gasteiger partial charge is 0.0655 e. The first-order chi connectivity index (χ1) is 9.43. The van der Waals surface area contributed by atoms with Crippen LogP contribution in [0.5, 0.6) is 0 Å². The maximum atomic E-state index is 6.38. The van der Waals surface area contributed by atoms with Gasteiger partial charge in [0.25, 0.3) is 0 Å². The fourth-order valence-corrected chi connectivity index (χ4v) is 3.31. The third kappa shape index (κ3) is 3.36. The molecule has 1 aromatic carbocycles. The Hall–Kier alpha value is -0.150. The first kappa shape index (κ1) is 16.2. The SMILES string of the molecule is CCC1CNC(C(C)C)CN1c1cc(Cl)c(Cl)cc1Cl. The van der Waals surface area contributed by atoms with Gasteiger partial charge >= 0.3 is 0 Å². The van der Waals surface area contributed by atoms with Crippen molar-refractivity contribution >= 4 is 40.5 Å². The molecule has 2 nitrogen and oxygen atoms in total. The van der Waals surface area contributed by atoms with E-state index in [0.717, 1.165) is 25.2 Å². The molecule has 0 aliphatic carbocycles. The van der Waals surface area contributed by atoms with Gasteiger partial charge in [0.2, 0.25) is 0 Å². The van der Waals surface area contributed by atoms with Crippen molar-refractivity contribution < 1.29 is 0 Å². The summed E-state index contributed by atoms with van der Waals surface area (Å²) in [6, 6.07) is 4.51. The Morgan fingerprint density at radius 1 is 1.20 bits per heavy atom. The maximum absolute atomic E-state index is 6.38. The van der Waals surface area contributed by atoms with Crippen LogP contribution in [0.1, 0.15) is 27.2 Å². The van der Waals surface area contributed by atoms with E-state index in [9.17, 15) is 0 Å². The van der Waals surface area contributed by atoms with Gasteiger partial charge in [-0.15, -0.1) is 0 Å². The topological polar surface area (TPSA) is 15.3 Å². The predicted octanol–water partition coefficient (Wildman–Crippen LogP) is 4.86. The predicted molar refractivity (Wildman–Crippen MR) is 89.5 cm³/mol. The molecule has 0 radical (unpaired) electrons. The normalized spacial score (nSPS) is 23.4. The zero-order chi connectivity index (χ0) is 14.9. The second kappa shape index (κ2) is 6.74. The Labute approximate surface area is 136 Å². The standard InChI is InChI=1S/C15H21Cl3N2/c1-4-10-7-19-14(9(2)3)8-20(10)15-6-12(17)11(16)5-13(15)18/h5-6,9-10,14,19H,4,7-8H2,1-3H3. The van der Waals surface area contributed by atoms with Gasteiger partial charge in [0.05, 0.1) is 20.8 Å². The first-order valence-electron chi connectivity index (χ1n) is 7.08. The molecule has 0 spiro atoms. The van der Waals surface area contributed by atoms with Gasteiger partial charge in [-0.2, -0.15) is 0 Å². The molecule has 0 aromatic heterocycles. The summed E-state index contributed by atoms with van der Waals surface area (Å²) in [5.41, 5.74) is 0.986. The molecule has 112 valence electrons. The molecule has 1 aliphatic heterocycles. The highest BCUT2D eigenvalue weighted by molar-refractivity contribution is 6.44. The molecule has 1 heterocycles. The van der Waals surface area contributed by atoms with E-state index in [1.54, 1.807) is 6.07 Å². The lowest BCUT2D eigenvalue weighted by molar-refractivity contribution is 0.325. The number of rotatable bonds is 3. The van der Waals surface area contributed by atoms with Gasteiger partial charge in [-0.1, -0.05) is 55.6 Å². The van der Waals surface area contributed by atoms with Crippen molar-refractivity contribution in [2.45, 2.75) is 39.3 Å². The summed E-state index contributed by atoms with van der Waals surface area (Å²) in [5, 5.41) is 5.35. The highest BCUT2D eigenvalue weighted by Crippen LogP contribution is 2.36. The molecule has 20 heavy (non-hydrogen) atoms. The van der Waals surface area contributed by atoms with E-state index in [2.05, 4.69) is 31.0 Å². The minimum atomic E-state index is 0.430. The number of benzene rings is 1. The van der Waals surface area contributed by atoms with Gasteiger partial charge in [0.1, 0.15) is 0 Å². The number of nitrogens with zero attached hydrogens (tertiary/aromatic N) is 1. The minimum Gasteiger partial charge on any atom is -0.364 e. The minimum absolute atomic E-state index is 0.430. The van der Waals surface area contributed by atoms with Gasteiger partial charge < -0.3 is 10.2 Å². The largest absolute Gasteiger partial charge is 0.364 e. The fraction of sp³-hybridized carbons (Fsp3) is 0.600. The van der Waals surface area contributed by atoms with E-state index in [1.807, 2.05) is 6.07 Å². The number of piperazine rings is 1. The molecule has 1 aliphatic rings. The van der Waals surface area contributed by atoms with Gasteiger partial charge in [0.15, 0.2) is 0 Å². The number of nitrogens with one attached hydrogen (secondary N) is 1. The van der Waals surface area contributed by atoms with Crippen LogP contribution < -0.4 is 10.2 Å². The van der Waals surface area contributed by atoms with E-state index < -0.39 is 0 Å². The van der Waals surface area contributed by atoms with E-state index in [1.165, 1.54) is 0 Å². The second-order valence-electron chi connectivity index (χ2n) is 5.69. The van der Waals surface area contributed by atoms with Crippen molar-refractivity contribution in [1.82, 2.24) is 5.32 Å². The lowest BCUT2D eigenvalue weighted by Crippen LogP contribution is -2.58. The average Bonchev–Trinajstić information content (AvgIpc) is 2.42. The van der Waals surface area contributed by atoms with Crippen molar-refractivity contribution in [3.8, 4) is 0 Å². The number of halogens is 3. The maximum Gasteiger partial charge on any atom is 0.0655 e. The molecule has 0 bridgehead atoms. The van der Waals surface area contributed by atoms with Gasteiger partial charge in [-0.25, -0.2) is 0 Å². The zero-order valence-electron chi connectivity index (χ0n) is 12.1. The molecule has 1 aromatic rings. The van der Waals surface area contributed by atoms with Gasteiger partial charge in [-0.05, 0) is 24.5 Å². The van der Waals surface area contributed by atoms with Crippen molar-refractivity contribution in [2.75, 3.05) is 18.0 Å². The Bertz CT molecular complexity index is 476. The summed E-state index contributed by atoms with van der Waals surface area (Å²) in [6.07, 6.45) is 1.06. The monoisotopic (exact) mass is 334 g/mol. The Morgan fingerprint density at radius 2 is 1.85 bits per heavy atom. The quantitative estimate of drug-likeness (QED) is 0.794. The van der Waals surface area contributed by atoms with E-state index in [-0.39, 0.29) is 0 Å². The molecular weight excluding hydrogens is 315 g/mol. The summed E-state index contributed by atoms with van der Waals surface area (Å²) < 4.78 is 0.